The first-order valence-electron chi connectivity index (χ1n) is 13.3. The van der Waals surface area contributed by atoms with Gasteiger partial charge >= 0.3 is 0 Å². The molecule has 0 spiro atoms. The van der Waals surface area contributed by atoms with E-state index in [9.17, 15) is 0 Å². The molecule has 164 valence electrons. The van der Waals surface area contributed by atoms with Gasteiger partial charge in [-0.25, -0.2) is 0 Å². The zero-order valence-corrected chi connectivity index (χ0v) is 20.5. The molecular formula is C29H48. The highest BCUT2D eigenvalue weighted by molar-refractivity contribution is 5.35. The summed E-state index contributed by atoms with van der Waals surface area (Å²) >= 11 is 0. The minimum absolute atomic E-state index is 0.557. The lowest BCUT2D eigenvalue weighted by atomic mass is 9.53. The molecule has 0 aromatic carbocycles. The van der Waals surface area contributed by atoms with E-state index >= 15 is 0 Å². The van der Waals surface area contributed by atoms with Crippen LogP contribution in [0.25, 0.3) is 0 Å². The summed E-state index contributed by atoms with van der Waals surface area (Å²) in [6.45, 7) is 15.7. The van der Waals surface area contributed by atoms with Gasteiger partial charge in [0.05, 0.1) is 0 Å². The fourth-order valence-corrected chi connectivity index (χ4v) is 10.3. The summed E-state index contributed by atoms with van der Waals surface area (Å²) in [4.78, 5) is 0. The van der Waals surface area contributed by atoms with Crippen LogP contribution in [-0.4, -0.2) is 0 Å². The molecule has 5 rings (SSSR count). The summed E-state index contributed by atoms with van der Waals surface area (Å²) in [7, 11) is 0. The second-order valence-corrected chi connectivity index (χ2v) is 14.1. The first-order valence-corrected chi connectivity index (χ1v) is 13.3. The lowest BCUT2D eigenvalue weighted by molar-refractivity contribution is -0.0283. The molecule has 4 fully saturated rings. The van der Waals surface area contributed by atoms with Gasteiger partial charge in [0.15, 0.2) is 0 Å². The molecule has 29 heavy (non-hydrogen) atoms. The van der Waals surface area contributed by atoms with E-state index < -0.39 is 0 Å². The lowest BCUT2D eigenvalue weighted by Gasteiger charge is -2.52. The number of allylic oxidation sites excluding steroid dienone is 2. The van der Waals surface area contributed by atoms with Gasteiger partial charge in [-0.2, -0.15) is 0 Å². The van der Waals surface area contributed by atoms with Crippen LogP contribution in [0.3, 0.4) is 0 Å². The smallest absolute Gasteiger partial charge is 0.00794 e. The van der Waals surface area contributed by atoms with Crippen molar-refractivity contribution in [1.29, 1.82) is 0 Å². The minimum atomic E-state index is 0.557. The van der Waals surface area contributed by atoms with Crippen LogP contribution in [0, 0.1) is 45.3 Å². The van der Waals surface area contributed by atoms with E-state index in [2.05, 4.69) is 41.5 Å². The van der Waals surface area contributed by atoms with Crippen LogP contribution in [-0.2, 0) is 0 Å². The van der Waals surface area contributed by atoms with Crippen molar-refractivity contribution in [2.24, 2.45) is 45.3 Å². The molecule has 1 unspecified atom stereocenters. The van der Waals surface area contributed by atoms with Crippen molar-refractivity contribution < 1.29 is 0 Å². The molecule has 0 aromatic heterocycles. The standard InChI is InChI=1S/C29H48/c1-26(2)15-7-9-20(19-26)21-14-18-28(5)22(21)10-11-23(28)24-12-13-25-27(3,4)16-8-17-29(24,25)6/h20,23-25H,7-19H2,1-6H3/t20?,23-,24+,25-,28-,29+/m0/s1. The third-order valence-electron chi connectivity index (χ3n) is 11.6. The van der Waals surface area contributed by atoms with Gasteiger partial charge in [-0.1, -0.05) is 65.5 Å². The Morgan fingerprint density at radius 3 is 2.24 bits per heavy atom. The average Bonchev–Trinajstić information content (AvgIpc) is 3.23. The Morgan fingerprint density at radius 2 is 1.48 bits per heavy atom. The molecule has 0 radical (unpaired) electrons. The average molecular weight is 397 g/mol. The van der Waals surface area contributed by atoms with Gasteiger partial charge in [0.1, 0.15) is 0 Å². The second kappa shape index (κ2) is 6.62. The zero-order chi connectivity index (χ0) is 20.7. The van der Waals surface area contributed by atoms with Crippen LogP contribution in [0.2, 0.25) is 0 Å². The molecule has 0 aromatic rings. The Balaban J connectivity index is 1.43. The van der Waals surface area contributed by atoms with Crippen molar-refractivity contribution in [2.45, 2.75) is 125 Å². The summed E-state index contributed by atoms with van der Waals surface area (Å²) in [5.74, 6) is 3.88. The van der Waals surface area contributed by atoms with Crippen molar-refractivity contribution in [3.63, 3.8) is 0 Å². The highest BCUT2D eigenvalue weighted by Crippen LogP contribution is 2.70. The van der Waals surface area contributed by atoms with Gasteiger partial charge in [-0.15, -0.1) is 0 Å². The molecule has 0 heterocycles. The molecule has 0 amide bonds. The molecule has 0 aliphatic heterocycles. The van der Waals surface area contributed by atoms with Crippen LogP contribution < -0.4 is 0 Å². The van der Waals surface area contributed by atoms with E-state index in [4.69, 9.17) is 0 Å². The van der Waals surface area contributed by atoms with E-state index in [-0.39, 0.29) is 0 Å². The lowest BCUT2D eigenvalue weighted by Crippen LogP contribution is -2.45. The highest BCUT2D eigenvalue weighted by atomic mass is 14.6. The predicted octanol–water partition coefficient (Wildman–Crippen LogP) is 8.95. The van der Waals surface area contributed by atoms with Crippen LogP contribution in [0.4, 0.5) is 0 Å². The largest absolute Gasteiger partial charge is 0.0673 e. The van der Waals surface area contributed by atoms with Gasteiger partial charge in [0.25, 0.3) is 0 Å². The molecule has 0 N–H and O–H groups in total. The van der Waals surface area contributed by atoms with Gasteiger partial charge in [0.2, 0.25) is 0 Å². The van der Waals surface area contributed by atoms with Crippen molar-refractivity contribution in [1.82, 2.24) is 0 Å². The first kappa shape index (κ1) is 20.6. The summed E-state index contributed by atoms with van der Waals surface area (Å²) in [6, 6.07) is 0. The van der Waals surface area contributed by atoms with Gasteiger partial charge in [-0.3, -0.25) is 0 Å². The summed E-state index contributed by atoms with van der Waals surface area (Å²) < 4.78 is 0. The number of hydrogen-bond acceptors (Lipinski definition) is 0. The quantitative estimate of drug-likeness (QED) is 0.408. The Hall–Kier alpha value is -0.260. The van der Waals surface area contributed by atoms with E-state index in [0.717, 1.165) is 23.7 Å². The maximum atomic E-state index is 2.74. The maximum absolute atomic E-state index is 2.74. The number of rotatable bonds is 2. The predicted molar refractivity (Wildman–Crippen MR) is 125 cm³/mol. The summed E-state index contributed by atoms with van der Waals surface area (Å²) in [5, 5.41) is 0. The summed E-state index contributed by atoms with van der Waals surface area (Å²) in [6.07, 6.45) is 19.3. The molecule has 5 aliphatic rings. The molecule has 0 heteroatoms. The van der Waals surface area contributed by atoms with Gasteiger partial charge < -0.3 is 0 Å². The third kappa shape index (κ3) is 3.04. The minimum Gasteiger partial charge on any atom is -0.0673 e. The molecule has 0 nitrogen and oxygen atoms in total. The van der Waals surface area contributed by atoms with E-state index in [1.807, 2.05) is 11.1 Å². The Kier molecular flexibility index (Phi) is 4.71. The normalized spacial score (nSPS) is 48.6. The molecule has 0 bridgehead atoms. The monoisotopic (exact) mass is 396 g/mol. The number of fused-ring (bicyclic) bond motifs is 2. The van der Waals surface area contributed by atoms with E-state index in [1.54, 1.807) is 0 Å². The Bertz CT molecular complexity index is 693. The van der Waals surface area contributed by atoms with Gasteiger partial charge in [-0.05, 0) is 116 Å². The second-order valence-electron chi connectivity index (χ2n) is 14.1. The molecule has 5 aliphatic carbocycles. The van der Waals surface area contributed by atoms with Crippen molar-refractivity contribution in [3.8, 4) is 0 Å². The van der Waals surface area contributed by atoms with E-state index in [0.29, 0.717) is 21.7 Å². The Morgan fingerprint density at radius 1 is 0.690 bits per heavy atom. The van der Waals surface area contributed by atoms with Crippen LogP contribution in [0.1, 0.15) is 125 Å². The van der Waals surface area contributed by atoms with Gasteiger partial charge in [0, 0.05) is 0 Å². The topological polar surface area (TPSA) is 0 Å². The van der Waals surface area contributed by atoms with Crippen LogP contribution in [0.15, 0.2) is 11.1 Å². The Labute approximate surface area is 181 Å². The van der Waals surface area contributed by atoms with E-state index in [1.165, 1.54) is 83.5 Å². The summed E-state index contributed by atoms with van der Waals surface area (Å²) in [5.41, 5.74) is 6.31. The maximum Gasteiger partial charge on any atom is -0.00794 e. The van der Waals surface area contributed by atoms with Crippen molar-refractivity contribution >= 4 is 0 Å². The van der Waals surface area contributed by atoms with Crippen LogP contribution in [0.5, 0.6) is 0 Å². The SMILES string of the molecule is CC1(C)CCCC(C2=C3CC[C@@H]([C@H]4CC[C@H]5C(C)(C)CCC[C@]45C)[C@@]3(C)CC2)C1. The molecule has 0 saturated heterocycles. The molecular weight excluding hydrogens is 348 g/mol. The fraction of sp³-hybridized carbons (Fsp3) is 0.931. The van der Waals surface area contributed by atoms with Crippen LogP contribution >= 0.6 is 0 Å². The fourth-order valence-electron chi connectivity index (χ4n) is 10.3. The zero-order valence-electron chi connectivity index (χ0n) is 20.5. The molecule has 4 saturated carbocycles. The molecule has 6 atom stereocenters. The number of hydrogen-bond donors (Lipinski definition) is 0. The van der Waals surface area contributed by atoms with Crippen molar-refractivity contribution in [3.05, 3.63) is 11.1 Å². The van der Waals surface area contributed by atoms with Crippen molar-refractivity contribution in [2.75, 3.05) is 0 Å². The first-order chi connectivity index (χ1) is 13.6. The highest BCUT2D eigenvalue weighted by Gasteiger charge is 2.60. The third-order valence-corrected chi connectivity index (χ3v) is 11.6.